The molecule has 1 saturated heterocycles. The number of urea groups is 1. The van der Waals surface area contributed by atoms with Crippen LogP contribution in [0, 0.1) is 0 Å². The van der Waals surface area contributed by atoms with Crippen molar-refractivity contribution in [3.63, 3.8) is 0 Å². The van der Waals surface area contributed by atoms with Crippen LogP contribution in [-0.4, -0.2) is 35.5 Å². The number of nitrogens with two attached hydrogens (primary N) is 1. The largest absolute Gasteiger partial charge is 0.350 e. The zero-order valence-electron chi connectivity index (χ0n) is 11.3. The van der Waals surface area contributed by atoms with Gasteiger partial charge in [-0.25, -0.2) is 14.8 Å². The topological polar surface area (TPSA) is 66.6 Å². The first-order valence-electron chi connectivity index (χ1n) is 6.43. The smallest absolute Gasteiger partial charge is 0.333 e. The van der Waals surface area contributed by atoms with Crippen molar-refractivity contribution in [2.75, 3.05) is 13.6 Å². The van der Waals surface area contributed by atoms with Crippen molar-refractivity contribution in [1.82, 2.24) is 10.0 Å². The molecule has 1 aliphatic rings. The van der Waals surface area contributed by atoms with Crippen LogP contribution in [0.4, 0.5) is 4.79 Å². The molecule has 1 aromatic carbocycles. The van der Waals surface area contributed by atoms with Gasteiger partial charge in [0, 0.05) is 13.6 Å². The lowest BCUT2D eigenvalue weighted by molar-refractivity contribution is -0.142. The van der Waals surface area contributed by atoms with Crippen LogP contribution in [0.5, 0.6) is 0 Å². The van der Waals surface area contributed by atoms with Crippen molar-refractivity contribution in [1.29, 1.82) is 0 Å². The molecule has 1 atom stereocenters. The Morgan fingerprint density at radius 1 is 1.42 bits per heavy atom. The van der Waals surface area contributed by atoms with E-state index >= 15 is 0 Å². The maximum Gasteiger partial charge on any atom is 0.333 e. The molecule has 5 nitrogen and oxygen atoms in total. The summed E-state index contributed by atoms with van der Waals surface area (Å²) in [5, 5.41) is 2.64. The molecule has 5 heteroatoms. The summed E-state index contributed by atoms with van der Waals surface area (Å²) in [6.45, 7) is 2.51. The highest BCUT2D eigenvalue weighted by Gasteiger charge is 2.48. The van der Waals surface area contributed by atoms with Crippen LogP contribution in [0.3, 0.4) is 0 Å². The van der Waals surface area contributed by atoms with Gasteiger partial charge in [0.25, 0.3) is 5.91 Å². The van der Waals surface area contributed by atoms with Crippen LogP contribution in [0.2, 0.25) is 0 Å². The lowest BCUT2D eigenvalue weighted by Gasteiger charge is -2.30. The third-order valence-electron chi connectivity index (χ3n) is 4.01. The maximum atomic E-state index is 12.7. The summed E-state index contributed by atoms with van der Waals surface area (Å²) in [6, 6.07) is 9.11. The monoisotopic (exact) mass is 261 g/mol. The Balaban J connectivity index is 2.35. The van der Waals surface area contributed by atoms with Crippen molar-refractivity contribution >= 4 is 11.9 Å². The molecule has 1 unspecified atom stereocenters. The predicted molar refractivity (Wildman–Crippen MR) is 72.1 cm³/mol. The van der Waals surface area contributed by atoms with Crippen LogP contribution in [0.15, 0.2) is 30.3 Å². The Morgan fingerprint density at radius 2 is 2.05 bits per heavy atom. The molecule has 0 radical (unpaired) electrons. The van der Waals surface area contributed by atoms with E-state index in [-0.39, 0.29) is 5.91 Å². The van der Waals surface area contributed by atoms with Crippen molar-refractivity contribution in [3.8, 4) is 0 Å². The number of hydrogen-bond donors (Lipinski definition) is 1. The molecule has 19 heavy (non-hydrogen) atoms. The molecule has 1 fully saturated rings. The summed E-state index contributed by atoms with van der Waals surface area (Å²) in [4.78, 5) is 23.9. The van der Waals surface area contributed by atoms with E-state index in [4.69, 9.17) is 5.73 Å². The second kappa shape index (κ2) is 4.91. The Hall–Kier alpha value is -2.04. The summed E-state index contributed by atoms with van der Waals surface area (Å²) in [6.07, 6.45) is 1.41. The van der Waals surface area contributed by atoms with Gasteiger partial charge in [-0.05, 0) is 18.4 Å². The Morgan fingerprint density at radius 3 is 2.58 bits per heavy atom. The number of amides is 3. The third-order valence-corrected chi connectivity index (χ3v) is 4.01. The number of carbonyl (C=O) groups is 2. The minimum Gasteiger partial charge on any atom is -0.350 e. The van der Waals surface area contributed by atoms with Crippen molar-refractivity contribution in [2.24, 2.45) is 5.73 Å². The van der Waals surface area contributed by atoms with Crippen LogP contribution in [0.1, 0.15) is 25.3 Å². The van der Waals surface area contributed by atoms with Crippen LogP contribution < -0.4 is 5.73 Å². The van der Waals surface area contributed by atoms with E-state index in [1.807, 2.05) is 37.3 Å². The summed E-state index contributed by atoms with van der Waals surface area (Å²) < 4.78 is 0. The fraction of sp³-hybridized carbons (Fsp3) is 0.429. The summed E-state index contributed by atoms with van der Waals surface area (Å²) in [7, 11) is 1.52. The first-order chi connectivity index (χ1) is 9.03. The summed E-state index contributed by atoms with van der Waals surface area (Å²) >= 11 is 0. The minimum absolute atomic E-state index is 0.0532. The zero-order valence-corrected chi connectivity index (χ0v) is 11.3. The molecular formula is C14H19N3O2. The Labute approximate surface area is 112 Å². The fourth-order valence-corrected chi connectivity index (χ4v) is 2.71. The van der Waals surface area contributed by atoms with E-state index in [9.17, 15) is 9.59 Å². The fourth-order valence-electron chi connectivity index (χ4n) is 2.71. The molecule has 3 amide bonds. The molecule has 2 rings (SSSR count). The summed E-state index contributed by atoms with van der Waals surface area (Å²) in [5.41, 5.74) is 5.71. The van der Waals surface area contributed by atoms with Crippen molar-refractivity contribution < 1.29 is 9.59 Å². The highest BCUT2D eigenvalue weighted by atomic mass is 16.2. The number of hydrogen-bond acceptors (Lipinski definition) is 2. The second-order valence-corrected chi connectivity index (χ2v) is 4.84. The molecule has 1 aliphatic heterocycles. The normalized spacial score (nSPS) is 22.6. The molecule has 0 aromatic heterocycles. The maximum absolute atomic E-state index is 12.7. The van der Waals surface area contributed by atoms with Gasteiger partial charge in [0.2, 0.25) is 0 Å². The molecule has 0 saturated carbocycles. The van der Waals surface area contributed by atoms with Gasteiger partial charge in [-0.15, -0.1) is 0 Å². The highest BCUT2D eigenvalue weighted by Crippen LogP contribution is 2.39. The average Bonchev–Trinajstić information content (AvgIpc) is 2.77. The molecule has 0 spiro atoms. The van der Waals surface area contributed by atoms with E-state index in [1.165, 1.54) is 17.1 Å². The average molecular weight is 261 g/mol. The van der Waals surface area contributed by atoms with Gasteiger partial charge < -0.3 is 5.73 Å². The number of primary amides is 1. The number of benzene rings is 1. The standard InChI is InChI=1S/C14H19N3O2/c1-3-14(11-7-5-4-6-8-11)9-10-17(12(14)18)16(2)13(15)19/h4-8H,3,9-10H2,1-2H3,(H2,15,19). The Kier molecular flexibility index (Phi) is 3.46. The molecule has 102 valence electrons. The third kappa shape index (κ3) is 2.05. The minimum atomic E-state index is -0.617. The molecular weight excluding hydrogens is 242 g/mol. The number of hydrazine groups is 1. The van der Waals surface area contributed by atoms with Gasteiger partial charge in [0.1, 0.15) is 0 Å². The van der Waals surface area contributed by atoms with E-state index < -0.39 is 11.4 Å². The highest BCUT2D eigenvalue weighted by molar-refractivity contribution is 5.91. The van der Waals surface area contributed by atoms with Gasteiger partial charge in [0.15, 0.2) is 0 Å². The molecule has 2 N–H and O–H groups in total. The first kappa shape index (κ1) is 13.4. The van der Waals surface area contributed by atoms with Gasteiger partial charge in [-0.2, -0.15) is 0 Å². The van der Waals surface area contributed by atoms with Crippen LogP contribution >= 0.6 is 0 Å². The van der Waals surface area contributed by atoms with E-state index in [0.717, 1.165) is 5.56 Å². The van der Waals surface area contributed by atoms with Gasteiger partial charge >= 0.3 is 6.03 Å². The Bertz CT molecular complexity index is 489. The van der Waals surface area contributed by atoms with Crippen molar-refractivity contribution in [2.45, 2.75) is 25.2 Å². The number of nitrogens with zero attached hydrogens (tertiary/aromatic N) is 2. The SMILES string of the molecule is CCC1(c2ccccc2)CCN(N(C)C(N)=O)C1=O. The van der Waals surface area contributed by atoms with E-state index in [0.29, 0.717) is 19.4 Å². The molecule has 0 bridgehead atoms. The number of rotatable bonds is 3. The molecule has 1 heterocycles. The van der Waals surface area contributed by atoms with Crippen LogP contribution in [0.25, 0.3) is 0 Å². The van der Waals surface area contributed by atoms with E-state index in [2.05, 4.69) is 0 Å². The zero-order chi connectivity index (χ0) is 14.0. The quantitative estimate of drug-likeness (QED) is 0.895. The van der Waals surface area contributed by atoms with Gasteiger partial charge in [0.05, 0.1) is 5.41 Å². The summed E-state index contributed by atoms with van der Waals surface area (Å²) in [5.74, 6) is -0.0532. The van der Waals surface area contributed by atoms with Gasteiger partial charge in [-0.1, -0.05) is 37.3 Å². The number of carbonyl (C=O) groups excluding carboxylic acids is 2. The lowest BCUT2D eigenvalue weighted by atomic mass is 9.77. The van der Waals surface area contributed by atoms with E-state index in [1.54, 1.807) is 0 Å². The van der Waals surface area contributed by atoms with Crippen LogP contribution in [-0.2, 0) is 10.2 Å². The molecule has 0 aliphatic carbocycles. The van der Waals surface area contributed by atoms with Gasteiger partial charge in [-0.3, -0.25) is 4.79 Å². The van der Waals surface area contributed by atoms with Crippen molar-refractivity contribution in [3.05, 3.63) is 35.9 Å². The molecule has 1 aromatic rings. The lowest BCUT2D eigenvalue weighted by Crippen LogP contribution is -2.50. The second-order valence-electron chi connectivity index (χ2n) is 4.84. The predicted octanol–water partition coefficient (Wildman–Crippen LogP) is 1.49. The first-order valence-corrected chi connectivity index (χ1v) is 6.43.